The predicted molar refractivity (Wildman–Crippen MR) is 159 cm³/mol. The van der Waals surface area contributed by atoms with Crippen LogP contribution in [-0.4, -0.2) is 43.1 Å². The van der Waals surface area contributed by atoms with Crippen molar-refractivity contribution in [3.63, 3.8) is 0 Å². The van der Waals surface area contributed by atoms with Crippen molar-refractivity contribution in [2.24, 2.45) is 0 Å². The fraction of sp³-hybridized carbons (Fsp3) is 0.212. The fourth-order valence-corrected chi connectivity index (χ4v) is 5.51. The molecule has 1 aliphatic rings. The van der Waals surface area contributed by atoms with Gasteiger partial charge < -0.3 is 19.8 Å². The molecule has 202 valence electrons. The van der Waals surface area contributed by atoms with Crippen molar-refractivity contribution in [3.05, 3.63) is 111 Å². The summed E-state index contributed by atoms with van der Waals surface area (Å²) in [7, 11) is 3.34. The van der Waals surface area contributed by atoms with Gasteiger partial charge in [0.25, 0.3) is 5.91 Å². The molecule has 4 aromatic carbocycles. The van der Waals surface area contributed by atoms with Crippen LogP contribution < -0.4 is 20.2 Å². The molecule has 5 aromatic rings. The van der Waals surface area contributed by atoms with Gasteiger partial charge in [0.05, 0.1) is 25.3 Å². The summed E-state index contributed by atoms with van der Waals surface area (Å²) in [5.74, 6) is 1.29. The Morgan fingerprint density at radius 1 is 0.900 bits per heavy atom. The number of fused-ring (bicyclic) bond motifs is 3. The third kappa shape index (κ3) is 4.92. The molecule has 40 heavy (non-hydrogen) atoms. The maximum atomic E-state index is 13.2. The number of aromatic nitrogens is 1. The third-order valence-electron chi connectivity index (χ3n) is 7.71. The van der Waals surface area contributed by atoms with Crippen LogP contribution in [0.15, 0.2) is 83.7 Å². The molecule has 0 atom stereocenters. The molecule has 0 aliphatic carbocycles. The van der Waals surface area contributed by atoms with Gasteiger partial charge in [-0.05, 0) is 78.1 Å². The molecule has 0 saturated heterocycles. The molecule has 1 aromatic heterocycles. The fourth-order valence-electron chi connectivity index (χ4n) is 5.51. The SMILES string of the molecule is COc1cc2c(cc1OC)CN(CCc1ccc(NC(=O)c3cccc4c(=O)c5ccccc5[nH]c34)cc1)CC2. The van der Waals surface area contributed by atoms with Gasteiger partial charge in [-0.1, -0.05) is 30.3 Å². The number of rotatable bonds is 7. The molecule has 2 heterocycles. The zero-order valence-corrected chi connectivity index (χ0v) is 22.6. The monoisotopic (exact) mass is 533 g/mol. The number of carbonyl (C=O) groups excluding carboxylic acids is 1. The van der Waals surface area contributed by atoms with Crippen molar-refractivity contribution in [2.75, 3.05) is 32.6 Å². The van der Waals surface area contributed by atoms with Crippen LogP contribution in [0.2, 0.25) is 0 Å². The largest absolute Gasteiger partial charge is 0.493 e. The van der Waals surface area contributed by atoms with Crippen LogP contribution in [0.4, 0.5) is 5.69 Å². The van der Waals surface area contributed by atoms with E-state index < -0.39 is 0 Å². The highest BCUT2D eigenvalue weighted by molar-refractivity contribution is 6.13. The molecule has 6 rings (SSSR count). The van der Waals surface area contributed by atoms with E-state index in [9.17, 15) is 9.59 Å². The number of pyridine rings is 1. The number of H-pyrrole nitrogens is 1. The quantitative estimate of drug-likeness (QED) is 0.268. The number of amides is 1. The van der Waals surface area contributed by atoms with E-state index in [4.69, 9.17) is 9.47 Å². The summed E-state index contributed by atoms with van der Waals surface area (Å²) >= 11 is 0. The van der Waals surface area contributed by atoms with E-state index in [0.29, 0.717) is 33.1 Å². The summed E-state index contributed by atoms with van der Waals surface area (Å²) in [6.07, 6.45) is 1.89. The highest BCUT2D eigenvalue weighted by Crippen LogP contribution is 2.33. The second-order valence-electron chi connectivity index (χ2n) is 10.1. The van der Waals surface area contributed by atoms with Gasteiger partial charge in [0.15, 0.2) is 16.9 Å². The summed E-state index contributed by atoms with van der Waals surface area (Å²) in [6.45, 7) is 2.82. The van der Waals surface area contributed by atoms with Crippen molar-refractivity contribution < 1.29 is 14.3 Å². The lowest BCUT2D eigenvalue weighted by Crippen LogP contribution is -2.32. The van der Waals surface area contributed by atoms with Crippen LogP contribution in [0, 0.1) is 0 Å². The Balaban J connectivity index is 1.12. The molecule has 0 bridgehead atoms. The van der Waals surface area contributed by atoms with E-state index in [0.717, 1.165) is 44.0 Å². The Hall–Kier alpha value is -4.62. The van der Waals surface area contributed by atoms with E-state index >= 15 is 0 Å². The number of hydrogen-bond donors (Lipinski definition) is 2. The van der Waals surface area contributed by atoms with Crippen LogP contribution >= 0.6 is 0 Å². The Labute approximate surface area is 232 Å². The number of para-hydroxylation sites is 2. The van der Waals surface area contributed by atoms with Crippen LogP contribution in [0.1, 0.15) is 27.0 Å². The first kappa shape index (κ1) is 25.6. The van der Waals surface area contributed by atoms with Crippen molar-refractivity contribution in [1.29, 1.82) is 0 Å². The van der Waals surface area contributed by atoms with Crippen LogP contribution in [0.25, 0.3) is 21.8 Å². The Morgan fingerprint density at radius 3 is 2.40 bits per heavy atom. The first-order valence-corrected chi connectivity index (χ1v) is 13.4. The normalized spacial score (nSPS) is 13.2. The van der Waals surface area contributed by atoms with E-state index in [1.807, 2.05) is 30.3 Å². The third-order valence-corrected chi connectivity index (χ3v) is 7.71. The summed E-state index contributed by atoms with van der Waals surface area (Å²) in [5, 5.41) is 4.10. The number of methoxy groups -OCH3 is 2. The number of aromatic amines is 1. The van der Waals surface area contributed by atoms with Gasteiger partial charge in [-0.3, -0.25) is 14.5 Å². The van der Waals surface area contributed by atoms with E-state index in [1.54, 1.807) is 38.5 Å². The lowest BCUT2D eigenvalue weighted by molar-refractivity contribution is 0.102. The van der Waals surface area contributed by atoms with Crippen molar-refractivity contribution in [1.82, 2.24) is 9.88 Å². The molecule has 0 spiro atoms. The molecule has 0 unspecified atom stereocenters. The van der Waals surface area contributed by atoms with E-state index in [1.165, 1.54) is 16.7 Å². The predicted octanol–water partition coefficient (Wildman–Crippen LogP) is 5.55. The van der Waals surface area contributed by atoms with Gasteiger partial charge in [0.1, 0.15) is 0 Å². The Bertz CT molecular complexity index is 1780. The minimum Gasteiger partial charge on any atom is -0.493 e. The number of anilines is 1. The zero-order chi connectivity index (χ0) is 27.6. The van der Waals surface area contributed by atoms with Crippen molar-refractivity contribution in [3.8, 4) is 11.5 Å². The summed E-state index contributed by atoms with van der Waals surface area (Å²) in [5.41, 5.74) is 6.12. The first-order chi connectivity index (χ1) is 19.5. The molecular formula is C33H31N3O4. The standard InChI is InChI=1S/C33H31N3O4/c1-39-29-18-22-15-17-36(20-23(22)19-30(29)40-2)16-14-21-10-12-24(13-11-21)34-33(38)27-8-5-7-26-31(27)35-28-9-4-3-6-25(28)32(26)37/h3-13,18-19H,14-17,20H2,1-2H3,(H,34,38)(H,35,37). The highest BCUT2D eigenvalue weighted by Gasteiger charge is 2.19. The molecular weight excluding hydrogens is 502 g/mol. The van der Waals surface area contributed by atoms with Gasteiger partial charge in [0, 0.05) is 41.6 Å². The second kappa shape index (κ2) is 10.9. The number of nitrogens with one attached hydrogen (secondary N) is 2. The van der Waals surface area contributed by atoms with Gasteiger partial charge >= 0.3 is 0 Å². The molecule has 1 aliphatic heterocycles. The maximum Gasteiger partial charge on any atom is 0.257 e. The highest BCUT2D eigenvalue weighted by atomic mass is 16.5. The molecule has 0 radical (unpaired) electrons. The minimum absolute atomic E-state index is 0.0839. The van der Waals surface area contributed by atoms with Gasteiger partial charge in [-0.2, -0.15) is 0 Å². The summed E-state index contributed by atoms with van der Waals surface area (Å²) in [4.78, 5) is 31.9. The number of hydrogen-bond acceptors (Lipinski definition) is 5. The molecule has 1 amide bonds. The molecule has 7 heteroatoms. The smallest absolute Gasteiger partial charge is 0.257 e. The van der Waals surface area contributed by atoms with Crippen LogP contribution in [0.3, 0.4) is 0 Å². The topological polar surface area (TPSA) is 83.7 Å². The average molecular weight is 534 g/mol. The zero-order valence-electron chi connectivity index (χ0n) is 22.6. The molecule has 7 nitrogen and oxygen atoms in total. The van der Waals surface area contributed by atoms with Gasteiger partial charge in [0.2, 0.25) is 0 Å². The number of benzene rings is 4. The maximum absolute atomic E-state index is 13.2. The van der Waals surface area contributed by atoms with Crippen LogP contribution in [-0.2, 0) is 19.4 Å². The molecule has 0 saturated carbocycles. The summed E-state index contributed by atoms with van der Waals surface area (Å²) < 4.78 is 10.9. The number of ether oxygens (including phenoxy) is 2. The summed E-state index contributed by atoms with van der Waals surface area (Å²) in [6, 6.07) is 24.7. The lowest BCUT2D eigenvalue weighted by Gasteiger charge is -2.29. The van der Waals surface area contributed by atoms with Gasteiger partial charge in [-0.25, -0.2) is 0 Å². The lowest BCUT2D eigenvalue weighted by atomic mass is 9.98. The van der Waals surface area contributed by atoms with Crippen molar-refractivity contribution in [2.45, 2.75) is 19.4 Å². The van der Waals surface area contributed by atoms with Crippen molar-refractivity contribution >= 4 is 33.4 Å². The van der Waals surface area contributed by atoms with E-state index in [-0.39, 0.29) is 11.3 Å². The van der Waals surface area contributed by atoms with Crippen LogP contribution in [0.5, 0.6) is 11.5 Å². The first-order valence-electron chi connectivity index (χ1n) is 13.4. The van der Waals surface area contributed by atoms with Gasteiger partial charge in [-0.15, -0.1) is 0 Å². The average Bonchev–Trinajstić information content (AvgIpc) is 2.99. The van der Waals surface area contributed by atoms with E-state index in [2.05, 4.69) is 39.5 Å². The number of nitrogens with zero attached hydrogens (tertiary/aromatic N) is 1. The Morgan fingerprint density at radius 2 is 1.62 bits per heavy atom. The number of carbonyl (C=O) groups is 1. The molecule has 2 N–H and O–H groups in total. The minimum atomic E-state index is -0.261. The molecule has 0 fully saturated rings. The second-order valence-corrected chi connectivity index (χ2v) is 10.1. The Kier molecular flexibility index (Phi) is 6.97.